The van der Waals surface area contributed by atoms with Crippen LogP contribution in [0.15, 0.2) is 42.5 Å². The molecule has 0 saturated carbocycles. The van der Waals surface area contributed by atoms with Crippen molar-refractivity contribution in [3.8, 4) is 0 Å². The van der Waals surface area contributed by atoms with E-state index in [1.165, 1.54) is 17.0 Å². The maximum absolute atomic E-state index is 13.6. The molecule has 0 saturated heterocycles. The SMILES string of the molecule is CCNC(=O)C(CC)N(Cc1ccccc1C)C(=O)CN(c1cccc(Cl)c1Cl)S(C)(=O)=O. The van der Waals surface area contributed by atoms with Crippen LogP contribution in [0.4, 0.5) is 5.69 Å². The predicted molar refractivity (Wildman–Crippen MR) is 133 cm³/mol. The Morgan fingerprint density at radius 3 is 2.30 bits per heavy atom. The lowest BCUT2D eigenvalue weighted by Gasteiger charge is -2.33. The predicted octanol–water partition coefficient (Wildman–Crippen LogP) is 4.01. The van der Waals surface area contributed by atoms with Crippen LogP contribution in [0.5, 0.6) is 0 Å². The normalized spacial score (nSPS) is 12.2. The Labute approximate surface area is 205 Å². The Kier molecular flexibility index (Phi) is 9.57. The fourth-order valence-corrected chi connectivity index (χ4v) is 4.76. The van der Waals surface area contributed by atoms with Crippen molar-refractivity contribution < 1.29 is 18.0 Å². The second-order valence-electron chi connectivity index (χ2n) is 7.61. The molecule has 0 fully saturated rings. The van der Waals surface area contributed by atoms with Gasteiger partial charge in [0.25, 0.3) is 0 Å². The third-order valence-electron chi connectivity index (χ3n) is 5.22. The maximum atomic E-state index is 13.6. The van der Waals surface area contributed by atoms with E-state index in [0.717, 1.165) is 21.7 Å². The van der Waals surface area contributed by atoms with Crippen molar-refractivity contribution in [1.82, 2.24) is 10.2 Å². The van der Waals surface area contributed by atoms with Crippen molar-refractivity contribution in [3.05, 3.63) is 63.6 Å². The zero-order chi connectivity index (χ0) is 24.8. The van der Waals surface area contributed by atoms with E-state index < -0.39 is 28.5 Å². The number of nitrogens with zero attached hydrogens (tertiary/aromatic N) is 2. The topological polar surface area (TPSA) is 86.8 Å². The molecule has 7 nitrogen and oxygen atoms in total. The summed E-state index contributed by atoms with van der Waals surface area (Å²) in [4.78, 5) is 27.8. The molecule has 10 heteroatoms. The van der Waals surface area contributed by atoms with Crippen LogP contribution in [-0.4, -0.2) is 50.5 Å². The van der Waals surface area contributed by atoms with Gasteiger partial charge in [-0.25, -0.2) is 8.42 Å². The molecule has 2 amide bonds. The molecule has 2 aromatic carbocycles. The van der Waals surface area contributed by atoms with Crippen molar-refractivity contribution in [2.45, 2.75) is 39.8 Å². The van der Waals surface area contributed by atoms with Crippen LogP contribution in [0.1, 0.15) is 31.4 Å². The van der Waals surface area contributed by atoms with Gasteiger partial charge in [0.1, 0.15) is 12.6 Å². The van der Waals surface area contributed by atoms with Gasteiger partial charge >= 0.3 is 0 Å². The number of nitrogens with one attached hydrogen (secondary N) is 1. The van der Waals surface area contributed by atoms with E-state index in [-0.39, 0.29) is 28.2 Å². The van der Waals surface area contributed by atoms with Crippen LogP contribution in [0.3, 0.4) is 0 Å². The van der Waals surface area contributed by atoms with E-state index in [2.05, 4.69) is 5.32 Å². The Morgan fingerprint density at radius 1 is 1.06 bits per heavy atom. The van der Waals surface area contributed by atoms with Gasteiger partial charge in [0.15, 0.2) is 0 Å². The minimum atomic E-state index is -3.89. The molecular weight excluding hydrogens is 485 g/mol. The second-order valence-corrected chi connectivity index (χ2v) is 10.3. The first kappa shape index (κ1) is 27.0. The highest BCUT2D eigenvalue weighted by molar-refractivity contribution is 7.92. The standard InChI is InChI=1S/C23H29Cl2N3O4S/c1-5-19(23(30)26-6-2)27(14-17-11-8-7-10-16(17)3)21(29)15-28(33(4,31)32)20-13-9-12-18(24)22(20)25/h7-13,19H,5-6,14-15H2,1-4H3,(H,26,30). The Hall–Kier alpha value is -2.29. The summed E-state index contributed by atoms with van der Waals surface area (Å²) in [7, 11) is -3.89. The van der Waals surface area contributed by atoms with Gasteiger partial charge in [-0.3, -0.25) is 13.9 Å². The lowest BCUT2D eigenvalue weighted by Crippen LogP contribution is -2.52. The molecule has 180 valence electrons. The van der Waals surface area contributed by atoms with E-state index in [4.69, 9.17) is 23.2 Å². The van der Waals surface area contributed by atoms with Gasteiger partial charge in [0, 0.05) is 13.1 Å². The molecule has 1 atom stereocenters. The number of carbonyl (C=O) groups excluding carboxylic acids is 2. The van der Waals surface area contributed by atoms with Gasteiger partial charge in [-0.05, 0) is 43.5 Å². The number of halogens is 2. The van der Waals surface area contributed by atoms with Crippen molar-refractivity contribution in [2.24, 2.45) is 0 Å². The van der Waals surface area contributed by atoms with Gasteiger partial charge in [-0.15, -0.1) is 0 Å². The Balaban J connectivity index is 2.49. The maximum Gasteiger partial charge on any atom is 0.244 e. The van der Waals surface area contributed by atoms with Gasteiger partial charge in [0.05, 0.1) is 22.0 Å². The summed E-state index contributed by atoms with van der Waals surface area (Å²) >= 11 is 12.3. The third-order valence-corrected chi connectivity index (χ3v) is 7.15. The molecule has 0 aliphatic heterocycles. The van der Waals surface area contributed by atoms with Crippen molar-refractivity contribution in [2.75, 3.05) is 23.7 Å². The summed E-state index contributed by atoms with van der Waals surface area (Å²) in [6.45, 7) is 5.56. The monoisotopic (exact) mass is 513 g/mol. The zero-order valence-corrected chi connectivity index (χ0v) is 21.5. The number of hydrogen-bond donors (Lipinski definition) is 1. The highest BCUT2D eigenvalue weighted by Crippen LogP contribution is 2.33. The van der Waals surface area contributed by atoms with E-state index in [1.807, 2.05) is 31.2 Å². The average Bonchev–Trinajstić information content (AvgIpc) is 2.74. The number of rotatable bonds is 10. The van der Waals surface area contributed by atoms with Crippen molar-refractivity contribution in [3.63, 3.8) is 0 Å². The average molecular weight is 514 g/mol. The van der Waals surface area contributed by atoms with Gasteiger partial charge < -0.3 is 10.2 Å². The molecule has 1 unspecified atom stereocenters. The Morgan fingerprint density at radius 2 is 1.73 bits per heavy atom. The van der Waals surface area contributed by atoms with Crippen LogP contribution < -0.4 is 9.62 Å². The number of benzene rings is 2. The molecule has 0 bridgehead atoms. The molecule has 0 aliphatic carbocycles. The summed E-state index contributed by atoms with van der Waals surface area (Å²) in [5.41, 5.74) is 1.92. The van der Waals surface area contributed by atoms with Crippen molar-refractivity contribution in [1.29, 1.82) is 0 Å². The molecule has 1 N–H and O–H groups in total. The fraction of sp³-hybridized carbons (Fsp3) is 0.391. The van der Waals surface area contributed by atoms with Crippen LogP contribution >= 0.6 is 23.2 Å². The number of carbonyl (C=O) groups is 2. The molecule has 0 aliphatic rings. The summed E-state index contributed by atoms with van der Waals surface area (Å²) in [6.07, 6.45) is 1.35. The highest BCUT2D eigenvalue weighted by atomic mass is 35.5. The molecule has 0 heterocycles. The fourth-order valence-electron chi connectivity index (χ4n) is 3.46. The zero-order valence-electron chi connectivity index (χ0n) is 19.1. The molecule has 0 aromatic heterocycles. The van der Waals surface area contributed by atoms with Gasteiger partial charge in [-0.1, -0.05) is 60.5 Å². The summed E-state index contributed by atoms with van der Waals surface area (Å²) in [5.74, 6) is -0.827. The number of sulfonamides is 1. The number of likely N-dealkylation sites (N-methyl/N-ethyl adjacent to an activating group) is 1. The van der Waals surface area contributed by atoms with E-state index in [0.29, 0.717) is 13.0 Å². The van der Waals surface area contributed by atoms with Crippen LogP contribution in [-0.2, 0) is 26.2 Å². The summed E-state index contributed by atoms with van der Waals surface area (Å²) < 4.78 is 26.1. The van der Waals surface area contributed by atoms with Crippen molar-refractivity contribution >= 4 is 50.7 Å². The summed E-state index contributed by atoms with van der Waals surface area (Å²) in [6, 6.07) is 11.3. The first-order valence-corrected chi connectivity index (χ1v) is 13.1. The largest absolute Gasteiger partial charge is 0.355 e. The molecule has 33 heavy (non-hydrogen) atoms. The molecule has 0 spiro atoms. The quantitative estimate of drug-likeness (QED) is 0.519. The molecule has 2 rings (SSSR count). The number of anilines is 1. The van der Waals surface area contributed by atoms with Crippen LogP contribution in [0, 0.1) is 6.92 Å². The third kappa shape index (κ3) is 6.85. The van der Waals surface area contributed by atoms with Crippen LogP contribution in [0.2, 0.25) is 10.0 Å². The van der Waals surface area contributed by atoms with E-state index >= 15 is 0 Å². The molecular formula is C23H29Cl2N3O4S. The van der Waals surface area contributed by atoms with E-state index in [9.17, 15) is 18.0 Å². The van der Waals surface area contributed by atoms with Gasteiger partial charge in [0.2, 0.25) is 21.8 Å². The first-order chi connectivity index (χ1) is 15.5. The molecule has 0 radical (unpaired) electrons. The first-order valence-electron chi connectivity index (χ1n) is 10.5. The number of aryl methyl sites for hydroxylation is 1. The lowest BCUT2D eigenvalue weighted by molar-refractivity contribution is -0.140. The minimum absolute atomic E-state index is 0.0265. The van der Waals surface area contributed by atoms with Crippen LogP contribution in [0.25, 0.3) is 0 Å². The minimum Gasteiger partial charge on any atom is -0.355 e. The smallest absolute Gasteiger partial charge is 0.244 e. The number of amides is 2. The second kappa shape index (κ2) is 11.7. The van der Waals surface area contributed by atoms with E-state index in [1.54, 1.807) is 19.9 Å². The lowest BCUT2D eigenvalue weighted by atomic mass is 10.1. The highest BCUT2D eigenvalue weighted by Gasteiger charge is 2.32. The number of hydrogen-bond acceptors (Lipinski definition) is 4. The molecule has 2 aromatic rings. The Bertz CT molecular complexity index is 1110. The van der Waals surface area contributed by atoms with Gasteiger partial charge in [-0.2, -0.15) is 0 Å². The summed E-state index contributed by atoms with van der Waals surface area (Å²) in [5, 5.41) is 2.95.